The number of ether oxygens (including phenoxy) is 1. The molecule has 0 bridgehead atoms. The molecule has 1 fully saturated rings. The molecule has 1 aromatic carbocycles. The van der Waals surface area contributed by atoms with Crippen molar-refractivity contribution >= 4 is 23.5 Å². The van der Waals surface area contributed by atoms with E-state index in [1.807, 2.05) is 36.9 Å². The summed E-state index contributed by atoms with van der Waals surface area (Å²) >= 11 is 0. The van der Waals surface area contributed by atoms with Gasteiger partial charge in [-0.3, -0.25) is 19.3 Å². The second-order valence-electron chi connectivity index (χ2n) is 6.92. The number of esters is 1. The average Bonchev–Trinajstić information content (AvgIpc) is 2.63. The molecular weight excluding hydrogens is 346 g/mol. The second kappa shape index (κ2) is 10.1. The van der Waals surface area contributed by atoms with Crippen LogP contribution in [0.4, 0.5) is 5.69 Å². The van der Waals surface area contributed by atoms with Gasteiger partial charge in [-0.05, 0) is 51.3 Å². The first-order valence-electron chi connectivity index (χ1n) is 9.42. The van der Waals surface area contributed by atoms with Crippen molar-refractivity contribution in [2.75, 3.05) is 38.1 Å². The molecule has 27 heavy (non-hydrogen) atoms. The van der Waals surface area contributed by atoms with E-state index in [2.05, 4.69) is 10.6 Å². The van der Waals surface area contributed by atoms with Crippen LogP contribution in [0.2, 0.25) is 0 Å². The third-order valence-corrected chi connectivity index (χ3v) is 4.68. The number of carbonyl (C=O) groups is 3. The molecule has 0 unspecified atom stereocenters. The van der Waals surface area contributed by atoms with Gasteiger partial charge in [-0.25, -0.2) is 0 Å². The molecule has 148 valence electrons. The van der Waals surface area contributed by atoms with Gasteiger partial charge >= 0.3 is 5.97 Å². The summed E-state index contributed by atoms with van der Waals surface area (Å²) in [6.07, 6.45) is 1.64. The highest BCUT2D eigenvalue weighted by Gasteiger charge is 2.27. The summed E-state index contributed by atoms with van der Waals surface area (Å²) in [4.78, 5) is 38.1. The first kappa shape index (κ1) is 20.9. The summed E-state index contributed by atoms with van der Waals surface area (Å²) in [6.45, 7) is 7.38. The van der Waals surface area contributed by atoms with Crippen molar-refractivity contribution < 1.29 is 19.1 Å². The number of hydrogen-bond acceptors (Lipinski definition) is 5. The minimum absolute atomic E-state index is 0.0816. The van der Waals surface area contributed by atoms with Crippen LogP contribution in [-0.4, -0.2) is 55.5 Å². The molecule has 2 rings (SSSR count). The predicted octanol–water partition coefficient (Wildman–Crippen LogP) is 1.63. The Hall–Kier alpha value is -2.41. The third kappa shape index (κ3) is 6.36. The number of benzene rings is 1. The Labute approximate surface area is 160 Å². The largest absolute Gasteiger partial charge is 0.466 e. The van der Waals surface area contributed by atoms with Gasteiger partial charge in [-0.2, -0.15) is 0 Å². The quantitative estimate of drug-likeness (QED) is 0.708. The summed E-state index contributed by atoms with van der Waals surface area (Å²) in [5.41, 5.74) is 2.74. The molecule has 0 aromatic heterocycles. The molecule has 0 spiro atoms. The molecule has 7 nitrogen and oxygen atoms in total. The van der Waals surface area contributed by atoms with E-state index < -0.39 is 0 Å². The number of aryl methyl sites for hydroxylation is 2. The highest BCUT2D eigenvalue weighted by molar-refractivity contribution is 5.95. The Bertz CT molecular complexity index is 670. The van der Waals surface area contributed by atoms with Crippen LogP contribution in [0.1, 0.15) is 30.9 Å². The minimum Gasteiger partial charge on any atom is -0.466 e. The zero-order chi connectivity index (χ0) is 19.8. The fourth-order valence-electron chi connectivity index (χ4n) is 3.28. The maximum Gasteiger partial charge on any atom is 0.310 e. The molecule has 1 aliphatic rings. The van der Waals surface area contributed by atoms with E-state index in [9.17, 15) is 14.4 Å². The van der Waals surface area contributed by atoms with Crippen molar-refractivity contribution in [3.05, 3.63) is 29.3 Å². The maximum atomic E-state index is 12.2. The van der Waals surface area contributed by atoms with Crippen LogP contribution in [0.5, 0.6) is 0 Å². The van der Waals surface area contributed by atoms with E-state index in [1.54, 1.807) is 6.92 Å². The molecule has 7 heteroatoms. The molecule has 0 radical (unpaired) electrons. The van der Waals surface area contributed by atoms with Gasteiger partial charge < -0.3 is 15.4 Å². The number of nitrogens with one attached hydrogen (secondary N) is 2. The molecule has 1 aliphatic heterocycles. The van der Waals surface area contributed by atoms with Crippen LogP contribution in [0.15, 0.2) is 18.2 Å². The Kier molecular flexibility index (Phi) is 7.79. The van der Waals surface area contributed by atoms with E-state index in [4.69, 9.17) is 4.74 Å². The summed E-state index contributed by atoms with van der Waals surface area (Å²) in [6, 6.07) is 5.79. The molecule has 2 N–H and O–H groups in total. The summed E-state index contributed by atoms with van der Waals surface area (Å²) in [5.74, 6) is -0.866. The van der Waals surface area contributed by atoms with Crippen molar-refractivity contribution in [2.24, 2.45) is 5.92 Å². The summed E-state index contributed by atoms with van der Waals surface area (Å²) in [7, 11) is 0. The van der Waals surface area contributed by atoms with E-state index in [0.717, 1.165) is 36.2 Å². The van der Waals surface area contributed by atoms with Crippen LogP contribution < -0.4 is 10.6 Å². The molecule has 0 saturated carbocycles. The van der Waals surface area contributed by atoms with Gasteiger partial charge in [0, 0.05) is 12.2 Å². The maximum absolute atomic E-state index is 12.2. The molecule has 1 heterocycles. The molecule has 1 atom stereocenters. The lowest BCUT2D eigenvalue weighted by Crippen LogP contribution is -2.45. The van der Waals surface area contributed by atoms with E-state index in [0.29, 0.717) is 13.2 Å². The van der Waals surface area contributed by atoms with Gasteiger partial charge in [0.05, 0.1) is 25.6 Å². The van der Waals surface area contributed by atoms with Gasteiger partial charge in [-0.1, -0.05) is 18.2 Å². The first-order chi connectivity index (χ1) is 12.9. The van der Waals surface area contributed by atoms with E-state index >= 15 is 0 Å². The number of para-hydroxylation sites is 1. The number of carbonyl (C=O) groups excluding carboxylic acids is 3. The number of hydrogen-bond donors (Lipinski definition) is 2. The first-order valence-corrected chi connectivity index (χ1v) is 9.42. The smallest absolute Gasteiger partial charge is 0.310 e. The van der Waals surface area contributed by atoms with Crippen molar-refractivity contribution in [1.82, 2.24) is 10.2 Å². The second-order valence-corrected chi connectivity index (χ2v) is 6.92. The topological polar surface area (TPSA) is 87.7 Å². The number of amides is 2. The molecule has 1 aromatic rings. The molecule has 1 saturated heterocycles. The van der Waals surface area contributed by atoms with E-state index in [1.165, 1.54) is 0 Å². The lowest BCUT2D eigenvalue weighted by Gasteiger charge is -2.30. The Morgan fingerprint density at radius 3 is 2.56 bits per heavy atom. The monoisotopic (exact) mass is 375 g/mol. The van der Waals surface area contributed by atoms with Crippen molar-refractivity contribution in [1.29, 1.82) is 0 Å². The molecule has 2 amide bonds. The Morgan fingerprint density at radius 2 is 1.89 bits per heavy atom. The number of nitrogens with zero attached hydrogens (tertiary/aromatic N) is 1. The highest BCUT2D eigenvalue weighted by Crippen LogP contribution is 2.19. The van der Waals surface area contributed by atoms with Gasteiger partial charge in [-0.15, -0.1) is 0 Å². The zero-order valence-corrected chi connectivity index (χ0v) is 16.3. The normalized spacial score (nSPS) is 17.2. The van der Waals surface area contributed by atoms with Gasteiger partial charge in [0.25, 0.3) is 0 Å². The number of rotatable bonds is 7. The van der Waals surface area contributed by atoms with Crippen molar-refractivity contribution in [3.8, 4) is 0 Å². The number of anilines is 1. The van der Waals surface area contributed by atoms with Crippen LogP contribution in [0, 0.1) is 19.8 Å². The fourth-order valence-corrected chi connectivity index (χ4v) is 3.28. The lowest BCUT2D eigenvalue weighted by molar-refractivity contribution is -0.150. The summed E-state index contributed by atoms with van der Waals surface area (Å²) in [5, 5.41) is 5.49. The summed E-state index contributed by atoms with van der Waals surface area (Å²) < 4.78 is 5.07. The highest BCUT2D eigenvalue weighted by atomic mass is 16.5. The third-order valence-electron chi connectivity index (χ3n) is 4.68. The van der Waals surface area contributed by atoms with Crippen molar-refractivity contribution in [2.45, 2.75) is 33.6 Å². The van der Waals surface area contributed by atoms with Gasteiger partial charge in [0.2, 0.25) is 11.8 Å². The van der Waals surface area contributed by atoms with Gasteiger partial charge in [0.1, 0.15) is 0 Å². The lowest BCUT2D eigenvalue weighted by atomic mass is 9.98. The van der Waals surface area contributed by atoms with Gasteiger partial charge in [0.15, 0.2) is 0 Å². The van der Waals surface area contributed by atoms with E-state index in [-0.39, 0.29) is 36.8 Å². The fraction of sp³-hybridized carbons (Fsp3) is 0.550. The number of piperidine rings is 1. The Morgan fingerprint density at radius 1 is 1.19 bits per heavy atom. The molecular formula is C20H29N3O4. The van der Waals surface area contributed by atoms with Crippen LogP contribution in [-0.2, 0) is 19.1 Å². The Balaban J connectivity index is 1.77. The van der Waals surface area contributed by atoms with Crippen molar-refractivity contribution in [3.63, 3.8) is 0 Å². The standard InChI is InChI=1S/C20H29N3O4/c1-4-27-20(26)16-9-6-10-23(12-16)13-18(25)21-11-17(24)22-19-14(2)7-5-8-15(19)3/h5,7-8,16H,4,6,9-13H2,1-3H3,(H,21,25)(H,22,24)/t16-/m0/s1. The number of likely N-dealkylation sites (tertiary alicyclic amines) is 1. The minimum atomic E-state index is -0.260. The van der Waals surface area contributed by atoms with Crippen LogP contribution in [0.25, 0.3) is 0 Å². The van der Waals surface area contributed by atoms with Crippen LogP contribution >= 0.6 is 0 Å². The van der Waals surface area contributed by atoms with Crippen LogP contribution in [0.3, 0.4) is 0 Å². The average molecular weight is 375 g/mol. The zero-order valence-electron chi connectivity index (χ0n) is 16.3. The SMILES string of the molecule is CCOC(=O)[C@H]1CCCN(CC(=O)NCC(=O)Nc2c(C)cccc2C)C1. The molecule has 0 aliphatic carbocycles. The predicted molar refractivity (Wildman–Crippen MR) is 103 cm³/mol.